The first-order valence-corrected chi connectivity index (χ1v) is 6.63. The number of hydrogen-bond acceptors (Lipinski definition) is 1. The SMILES string of the molecule is CC(C)C1CC(NCCc2ccc(F)cc2)C1. The predicted molar refractivity (Wildman–Crippen MR) is 69.5 cm³/mol. The molecule has 0 amide bonds. The van der Waals surface area contributed by atoms with Crippen LogP contribution in [0.25, 0.3) is 0 Å². The van der Waals surface area contributed by atoms with Gasteiger partial charge in [-0.2, -0.15) is 0 Å². The monoisotopic (exact) mass is 235 g/mol. The second-order valence-corrected chi connectivity index (χ2v) is 5.50. The average Bonchev–Trinajstić information content (AvgIpc) is 2.23. The van der Waals surface area contributed by atoms with Crippen LogP contribution in [0.3, 0.4) is 0 Å². The first-order valence-electron chi connectivity index (χ1n) is 6.63. The van der Waals surface area contributed by atoms with E-state index in [9.17, 15) is 4.39 Å². The molecule has 0 saturated heterocycles. The molecule has 1 fully saturated rings. The summed E-state index contributed by atoms with van der Waals surface area (Å²) >= 11 is 0. The van der Waals surface area contributed by atoms with Crippen molar-refractivity contribution in [2.75, 3.05) is 6.54 Å². The summed E-state index contributed by atoms with van der Waals surface area (Å²) in [5, 5.41) is 3.57. The van der Waals surface area contributed by atoms with Gasteiger partial charge in [0.25, 0.3) is 0 Å². The van der Waals surface area contributed by atoms with E-state index in [2.05, 4.69) is 19.2 Å². The van der Waals surface area contributed by atoms with Crippen LogP contribution in [0.4, 0.5) is 4.39 Å². The highest BCUT2D eigenvalue weighted by Gasteiger charge is 2.30. The van der Waals surface area contributed by atoms with Crippen molar-refractivity contribution in [2.45, 2.75) is 39.2 Å². The molecule has 2 rings (SSSR count). The molecular formula is C15H22FN. The van der Waals surface area contributed by atoms with E-state index >= 15 is 0 Å². The molecule has 0 unspecified atom stereocenters. The lowest BCUT2D eigenvalue weighted by Crippen LogP contribution is -2.43. The molecule has 0 aromatic heterocycles. The van der Waals surface area contributed by atoms with Crippen molar-refractivity contribution in [1.82, 2.24) is 5.32 Å². The van der Waals surface area contributed by atoms with Gasteiger partial charge in [0.1, 0.15) is 5.82 Å². The van der Waals surface area contributed by atoms with Crippen LogP contribution in [0, 0.1) is 17.7 Å². The Morgan fingerprint density at radius 2 is 1.88 bits per heavy atom. The molecule has 1 saturated carbocycles. The number of halogens is 1. The van der Waals surface area contributed by atoms with E-state index in [4.69, 9.17) is 0 Å². The molecule has 0 bridgehead atoms. The molecule has 1 aromatic carbocycles. The maximum Gasteiger partial charge on any atom is 0.123 e. The van der Waals surface area contributed by atoms with Crippen LogP contribution < -0.4 is 5.32 Å². The minimum absolute atomic E-state index is 0.152. The Labute approximate surface area is 103 Å². The zero-order valence-corrected chi connectivity index (χ0v) is 10.7. The predicted octanol–water partition coefficient (Wildman–Crippen LogP) is 3.39. The standard InChI is InChI=1S/C15H22FN/c1-11(2)13-9-15(10-13)17-8-7-12-3-5-14(16)6-4-12/h3-6,11,13,15,17H,7-10H2,1-2H3. The third-order valence-corrected chi connectivity index (χ3v) is 3.88. The van der Waals surface area contributed by atoms with Gasteiger partial charge in [-0.3, -0.25) is 0 Å². The Kier molecular flexibility index (Phi) is 4.16. The molecular weight excluding hydrogens is 213 g/mol. The molecule has 1 aliphatic rings. The average molecular weight is 235 g/mol. The Morgan fingerprint density at radius 3 is 2.47 bits per heavy atom. The third-order valence-electron chi connectivity index (χ3n) is 3.88. The second-order valence-electron chi connectivity index (χ2n) is 5.50. The van der Waals surface area contributed by atoms with Crippen molar-refractivity contribution in [3.05, 3.63) is 35.6 Å². The van der Waals surface area contributed by atoms with Gasteiger partial charge < -0.3 is 5.32 Å². The number of rotatable bonds is 5. The quantitative estimate of drug-likeness (QED) is 0.825. The van der Waals surface area contributed by atoms with Gasteiger partial charge in [0.15, 0.2) is 0 Å². The first kappa shape index (κ1) is 12.6. The zero-order valence-electron chi connectivity index (χ0n) is 10.7. The highest BCUT2D eigenvalue weighted by molar-refractivity contribution is 5.16. The molecule has 1 nitrogen and oxygen atoms in total. The summed E-state index contributed by atoms with van der Waals surface area (Å²) in [7, 11) is 0. The Morgan fingerprint density at radius 1 is 1.24 bits per heavy atom. The summed E-state index contributed by atoms with van der Waals surface area (Å²) in [6.07, 6.45) is 3.63. The van der Waals surface area contributed by atoms with E-state index < -0.39 is 0 Å². The molecule has 2 heteroatoms. The molecule has 0 heterocycles. The van der Waals surface area contributed by atoms with Gasteiger partial charge in [0, 0.05) is 6.04 Å². The maximum atomic E-state index is 12.7. The van der Waals surface area contributed by atoms with Crippen molar-refractivity contribution >= 4 is 0 Å². The van der Waals surface area contributed by atoms with Gasteiger partial charge in [0.05, 0.1) is 0 Å². The summed E-state index contributed by atoms with van der Waals surface area (Å²) in [4.78, 5) is 0. The highest BCUT2D eigenvalue weighted by atomic mass is 19.1. The summed E-state index contributed by atoms with van der Waals surface area (Å²) in [5.74, 6) is 1.59. The minimum atomic E-state index is -0.152. The van der Waals surface area contributed by atoms with Crippen LogP contribution in [-0.2, 0) is 6.42 Å². The second kappa shape index (κ2) is 5.63. The minimum Gasteiger partial charge on any atom is -0.314 e. The summed E-state index contributed by atoms with van der Waals surface area (Å²) in [6.45, 7) is 5.61. The normalized spacial score (nSPS) is 23.8. The summed E-state index contributed by atoms with van der Waals surface area (Å²) in [6, 6.07) is 7.52. The van der Waals surface area contributed by atoms with Crippen molar-refractivity contribution < 1.29 is 4.39 Å². The van der Waals surface area contributed by atoms with E-state index in [0.29, 0.717) is 6.04 Å². The van der Waals surface area contributed by atoms with Gasteiger partial charge in [-0.05, 0) is 55.3 Å². The van der Waals surface area contributed by atoms with Crippen molar-refractivity contribution in [2.24, 2.45) is 11.8 Å². The molecule has 94 valence electrons. The molecule has 0 spiro atoms. The Balaban J connectivity index is 1.63. The molecule has 0 aliphatic heterocycles. The number of nitrogens with one attached hydrogen (secondary N) is 1. The van der Waals surface area contributed by atoms with Gasteiger partial charge in [-0.15, -0.1) is 0 Å². The summed E-state index contributed by atoms with van der Waals surface area (Å²) < 4.78 is 12.7. The Hall–Kier alpha value is -0.890. The molecule has 1 N–H and O–H groups in total. The fourth-order valence-electron chi connectivity index (χ4n) is 2.44. The zero-order chi connectivity index (χ0) is 12.3. The third kappa shape index (κ3) is 3.53. The molecule has 0 atom stereocenters. The lowest BCUT2D eigenvalue weighted by Gasteiger charge is -2.38. The molecule has 1 aromatic rings. The van der Waals surface area contributed by atoms with Crippen molar-refractivity contribution in [3.63, 3.8) is 0 Å². The maximum absolute atomic E-state index is 12.7. The highest BCUT2D eigenvalue weighted by Crippen LogP contribution is 2.33. The van der Waals surface area contributed by atoms with Crippen LogP contribution in [0.1, 0.15) is 32.3 Å². The van der Waals surface area contributed by atoms with Crippen LogP contribution in [0.15, 0.2) is 24.3 Å². The lowest BCUT2D eigenvalue weighted by molar-refractivity contribution is 0.169. The number of hydrogen-bond donors (Lipinski definition) is 1. The van der Waals surface area contributed by atoms with E-state index in [-0.39, 0.29) is 5.82 Å². The molecule has 1 aliphatic carbocycles. The Bertz CT molecular complexity index is 338. The molecule has 0 radical (unpaired) electrons. The number of benzene rings is 1. The van der Waals surface area contributed by atoms with Gasteiger partial charge >= 0.3 is 0 Å². The van der Waals surface area contributed by atoms with Crippen LogP contribution in [0.5, 0.6) is 0 Å². The summed E-state index contributed by atoms with van der Waals surface area (Å²) in [5.41, 5.74) is 1.21. The first-order chi connectivity index (χ1) is 8.15. The van der Waals surface area contributed by atoms with Gasteiger partial charge in [-0.25, -0.2) is 4.39 Å². The largest absolute Gasteiger partial charge is 0.314 e. The van der Waals surface area contributed by atoms with Gasteiger partial charge in [0.2, 0.25) is 0 Å². The van der Waals surface area contributed by atoms with Gasteiger partial charge in [-0.1, -0.05) is 26.0 Å². The van der Waals surface area contributed by atoms with E-state index in [0.717, 1.165) is 24.8 Å². The fourth-order valence-corrected chi connectivity index (χ4v) is 2.44. The van der Waals surface area contributed by atoms with Crippen molar-refractivity contribution in [1.29, 1.82) is 0 Å². The van der Waals surface area contributed by atoms with Crippen LogP contribution in [-0.4, -0.2) is 12.6 Å². The van der Waals surface area contributed by atoms with E-state index in [1.165, 1.54) is 30.5 Å². The van der Waals surface area contributed by atoms with E-state index in [1.807, 2.05) is 12.1 Å². The van der Waals surface area contributed by atoms with Crippen molar-refractivity contribution in [3.8, 4) is 0 Å². The van der Waals surface area contributed by atoms with Crippen LogP contribution >= 0.6 is 0 Å². The lowest BCUT2D eigenvalue weighted by atomic mass is 9.73. The fraction of sp³-hybridized carbons (Fsp3) is 0.600. The van der Waals surface area contributed by atoms with E-state index in [1.54, 1.807) is 0 Å². The van der Waals surface area contributed by atoms with Crippen LogP contribution in [0.2, 0.25) is 0 Å². The molecule has 17 heavy (non-hydrogen) atoms. The topological polar surface area (TPSA) is 12.0 Å². The smallest absolute Gasteiger partial charge is 0.123 e.